The predicted octanol–water partition coefficient (Wildman–Crippen LogP) is -2.19. The molecule has 17 heteroatoms. The van der Waals surface area contributed by atoms with Crippen LogP contribution < -0.4 is 129 Å². The van der Waals surface area contributed by atoms with Gasteiger partial charge in [0.1, 0.15) is 11.5 Å². The molecule has 0 saturated heterocycles. The number of halogens is 1. The fraction of sp³-hybridized carbons (Fsp3) is 0.184. The van der Waals surface area contributed by atoms with Gasteiger partial charge in [-0.2, -0.15) is 0 Å². The van der Waals surface area contributed by atoms with Gasteiger partial charge in [-0.05, 0) is 86.1 Å². The Hall–Kier alpha value is -3.11. The third-order valence-electron chi connectivity index (χ3n) is 6.64. The Labute approximate surface area is 410 Å². The first-order chi connectivity index (χ1) is 25.3. The Morgan fingerprint density at radius 3 is 1.67 bits per heavy atom. The third-order valence-corrected chi connectivity index (χ3v) is 6.94. The summed E-state index contributed by atoms with van der Waals surface area (Å²) in [7, 11) is 3.08. The number of alkyl halides is 1. The van der Waals surface area contributed by atoms with Crippen molar-refractivity contribution in [3.05, 3.63) is 125 Å². The number of phenolic OH excluding ortho intramolecular Hbond substituents is 1. The number of carbonyl (C=O) groups excluding carboxylic acids is 7. The SMILES string of the molecule is CC(=O)c1ccc(O)cc1.CNC(=O)c1ccccc1CC(=O)CCl.CNC(=O)c1ccccc1NC(=O)COc1ccc(C(C)=O)cc1.O=CO[O-].[H-].[K+].[K+]. The molecule has 0 spiro atoms. The smallest absolute Gasteiger partial charge is 1.00 e. The van der Waals surface area contributed by atoms with Crippen LogP contribution in [0.15, 0.2) is 97.1 Å². The van der Waals surface area contributed by atoms with Crippen LogP contribution in [0.2, 0.25) is 0 Å². The predicted molar refractivity (Wildman–Crippen MR) is 196 cm³/mol. The number of phenols is 1. The zero-order chi connectivity index (χ0) is 39.8. The second kappa shape index (κ2) is 31.0. The van der Waals surface area contributed by atoms with Gasteiger partial charge >= 0.3 is 103 Å². The molecule has 282 valence electrons. The summed E-state index contributed by atoms with van der Waals surface area (Å²) >= 11 is 5.42. The molecule has 0 aromatic heterocycles. The molecule has 14 nitrogen and oxygen atoms in total. The van der Waals surface area contributed by atoms with E-state index in [1.807, 2.05) is 0 Å². The molecule has 0 saturated carbocycles. The summed E-state index contributed by atoms with van der Waals surface area (Å²) < 4.78 is 5.38. The van der Waals surface area contributed by atoms with E-state index in [9.17, 15) is 28.8 Å². The Bertz CT molecular complexity index is 1850. The number of benzene rings is 4. The number of anilines is 1. The Morgan fingerprint density at radius 2 is 1.20 bits per heavy atom. The van der Waals surface area contributed by atoms with E-state index in [0.717, 1.165) is 0 Å². The van der Waals surface area contributed by atoms with Crippen molar-refractivity contribution >= 4 is 58.8 Å². The summed E-state index contributed by atoms with van der Waals surface area (Å²) in [6.45, 7) is 2.58. The number of Topliss-reactive ketones (excluding diaryl/α,β-unsaturated/α-hetero) is 3. The van der Waals surface area contributed by atoms with Gasteiger partial charge in [-0.25, -0.2) is 0 Å². The average molecular weight is 828 g/mol. The minimum absolute atomic E-state index is 0. The summed E-state index contributed by atoms with van der Waals surface area (Å²) in [6, 6.07) is 26.4. The molecule has 4 aromatic carbocycles. The standard InChI is InChI=1S/C18H18N2O4.C11H12ClNO2.C8H8O2.CH2O3.2K.H/c1-12(21)13-7-9-14(10-8-13)24-11-17(22)20-16-6-4-3-5-15(16)18(23)19-2;1-13-11(15)10-5-3-2-4-8(10)6-9(14)7-12;1-6(9)7-2-4-8(10)5-3-7;2-1-4-3;;;/h3-10H,11H2,1-2H3,(H,19,23)(H,20,22);2-5H,6-7H2,1H3,(H,13,15);2-5,10H,1H3;1,3H;;;/q;;;;2*+1;-1/p-1. The van der Waals surface area contributed by atoms with Crippen LogP contribution in [-0.2, 0) is 25.7 Å². The summed E-state index contributed by atoms with van der Waals surface area (Å²) in [4.78, 5) is 79.5. The van der Waals surface area contributed by atoms with Crippen LogP contribution in [0.5, 0.6) is 11.5 Å². The first-order valence-corrected chi connectivity index (χ1v) is 16.1. The molecule has 0 heterocycles. The monoisotopic (exact) mass is 827 g/mol. The zero-order valence-electron chi connectivity index (χ0n) is 32.3. The van der Waals surface area contributed by atoms with Crippen molar-refractivity contribution in [2.45, 2.75) is 20.3 Å². The molecule has 0 radical (unpaired) electrons. The number of ketones is 3. The minimum atomic E-state index is -0.387. The number of hydrogen-bond donors (Lipinski definition) is 4. The van der Waals surface area contributed by atoms with Gasteiger partial charge < -0.3 is 37.4 Å². The molecule has 0 atom stereocenters. The molecule has 0 aliphatic rings. The normalized spacial score (nSPS) is 9.05. The molecule has 4 N–H and O–H groups in total. The van der Waals surface area contributed by atoms with Crippen LogP contribution in [0.1, 0.15) is 62.3 Å². The second-order valence-corrected chi connectivity index (χ2v) is 10.7. The van der Waals surface area contributed by atoms with Gasteiger partial charge in [0, 0.05) is 37.2 Å². The largest absolute Gasteiger partial charge is 1.00 e. The number of carbonyl (C=O) groups is 7. The van der Waals surface area contributed by atoms with Crippen molar-refractivity contribution in [1.29, 1.82) is 0 Å². The van der Waals surface area contributed by atoms with E-state index in [1.165, 1.54) is 33.0 Å². The number of aromatic hydroxyl groups is 1. The quantitative estimate of drug-likeness (QED) is 0.0301. The van der Waals surface area contributed by atoms with Crippen LogP contribution in [0, 0.1) is 0 Å². The van der Waals surface area contributed by atoms with E-state index in [0.29, 0.717) is 39.3 Å². The maximum atomic E-state index is 12.0. The molecule has 4 rings (SSSR count). The molecule has 0 bridgehead atoms. The van der Waals surface area contributed by atoms with Crippen molar-refractivity contribution in [2.75, 3.05) is 31.9 Å². The summed E-state index contributed by atoms with van der Waals surface area (Å²) in [5.41, 5.74) is 3.22. The van der Waals surface area contributed by atoms with Gasteiger partial charge in [0.2, 0.25) is 0 Å². The summed E-state index contributed by atoms with van der Waals surface area (Å²) in [6.07, 6.45) is 0.201. The molecule has 0 unspecified atom stereocenters. The van der Waals surface area contributed by atoms with Gasteiger partial charge in [0.05, 0.1) is 17.1 Å². The van der Waals surface area contributed by atoms with Gasteiger partial charge in [0.25, 0.3) is 24.2 Å². The van der Waals surface area contributed by atoms with Crippen molar-refractivity contribution in [1.82, 2.24) is 10.6 Å². The Balaban J connectivity index is -0.000000754. The first kappa shape index (κ1) is 54.0. The number of rotatable bonds is 12. The fourth-order valence-corrected chi connectivity index (χ4v) is 4.13. The first-order valence-electron chi connectivity index (χ1n) is 15.6. The van der Waals surface area contributed by atoms with E-state index in [-0.39, 0.29) is 170 Å². The van der Waals surface area contributed by atoms with Gasteiger partial charge in [-0.3, -0.25) is 33.6 Å². The molecular formula is C38H40ClK2N3O11. The second-order valence-electron chi connectivity index (χ2n) is 10.4. The Kier molecular flexibility index (Phi) is 30.5. The molecule has 0 aliphatic heterocycles. The number of hydrogen-bond acceptors (Lipinski definition) is 11. The summed E-state index contributed by atoms with van der Waals surface area (Å²) in [5, 5.41) is 25.0. The van der Waals surface area contributed by atoms with Crippen LogP contribution in [0.25, 0.3) is 0 Å². The van der Waals surface area contributed by atoms with E-state index >= 15 is 0 Å². The van der Waals surface area contributed by atoms with Gasteiger partial charge in [0.15, 0.2) is 24.0 Å². The van der Waals surface area contributed by atoms with Crippen LogP contribution in [0.4, 0.5) is 5.69 Å². The zero-order valence-corrected chi connectivity index (χ0v) is 38.3. The maximum Gasteiger partial charge on any atom is 1.00 e. The van der Waals surface area contributed by atoms with E-state index in [1.54, 1.807) is 92.0 Å². The third kappa shape index (κ3) is 21.7. The number of para-hydroxylation sites is 1. The number of nitrogens with one attached hydrogen (secondary N) is 3. The van der Waals surface area contributed by atoms with Crippen LogP contribution in [0.3, 0.4) is 0 Å². The average Bonchev–Trinajstić information content (AvgIpc) is 3.17. The Morgan fingerprint density at radius 1 is 0.745 bits per heavy atom. The van der Waals surface area contributed by atoms with Crippen LogP contribution >= 0.6 is 11.6 Å². The van der Waals surface area contributed by atoms with Gasteiger partial charge in [-0.15, -0.1) is 11.6 Å². The van der Waals surface area contributed by atoms with Crippen molar-refractivity contribution < 1.29 is 158 Å². The van der Waals surface area contributed by atoms with E-state index < -0.39 is 0 Å². The molecule has 0 fully saturated rings. The molecule has 3 amide bonds. The molecule has 4 aromatic rings. The summed E-state index contributed by atoms with van der Waals surface area (Å²) in [5.74, 6) is -0.332. The van der Waals surface area contributed by atoms with Crippen molar-refractivity contribution in [2.24, 2.45) is 0 Å². The minimum Gasteiger partial charge on any atom is -1.00 e. The molecule has 55 heavy (non-hydrogen) atoms. The fourth-order valence-electron chi connectivity index (χ4n) is 4.03. The number of amides is 3. The van der Waals surface area contributed by atoms with Crippen molar-refractivity contribution in [3.63, 3.8) is 0 Å². The van der Waals surface area contributed by atoms with Gasteiger partial charge in [-0.1, -0.05) is 30.3 Å². The molecular weight excluding hydrogens is 788 g/mol. The topological polar surface area (TPSA) is 217 Å². The molecule has 0 aliphatic carbocycles. The van der Waals surface area contributed by atoms with E-state index in [2.05, 4.69) is 20.8 Å². The van der Waals surface area contributed by atoms with E-state index in [4.69, 9.17) is 31.5 Å². The van der Waals surface area contributed by atoms with Crippen molar-refractivity contribution in [3.8, 4) is 11.5 Å². The van der Waals surface area contributed by atoms with Crippen LogP contribution in [-0.4, -0.2) is 73.2 Å². The maximum absolute atomic E-state index is 12.0. The number of ether oxygens (including phenoxy) is 1.